The van der Waals surface area contributed by atoms with Gasteiger partial charge in [-0.2, -0.15) is 0 Å². The van der Waals surface area contributed by atoms with Crippen molar-refractivity contribution < 1.29 is 0 Å². The molecule has 3 N–H and O–H groups in total. The monoisotopic (exact) mass is 195 g/mol. The van der Waals surface area contributed by atoms with Gasteiger partial charge in [0.15, 0.2) is 0 Å². The summed E-state index contributed by atoms with van der Waals surface area (Å²) < 4.78 is 2.24. The molecule has 80 valence electrons. The summed E-state index contributed by atoms with van der Waals surface area (Å²) in [6.45, 7) is 6.04. The van der Waals surface area contributed by atoms with Crippen LogP contribution in [0, 0.1) is 0 Å². The lowest BCUT2D eigenvalue weighted by Gasteiger charge is -2.01. The van der Waals surface area contributed by atoms with Crippen LogP contribution in [0.15, 0.2) is 18.5 Å². The minimum Gasteiger partial charge on any atom is -0.354 e. The molecule has 0 saturated heterocycles. The maximum Gasteiger partial charge on any atom is 0.0220 e. The van der Waals surface area contributed by atoms with Gasteiger partial charge in [0.25, 0.3) is 0 Å². The zero-order valence-corrected chi connectivity index (χ0v) is 9.00. The molecule has 0 unspecified atom stereocenters. The average Bonchev–Trinajstić information content (AvgIpc) is 2.61. The third-order valence-corrected chi connectivity index (χ3v) is 2.18. The van der Waals surface area contributed by atoms with Gasteiger partial charge in [-0.3, -0.25) is 0 Å². The zero-order chi connectivity index (χ0) is 10.2. The summed E-state index contributed by atoms with van der Waals surface area (Å²) >= 11 is 0. The van der Waals surface area contributed by atoms with Gasteiger partial charge in [0.1, 0.15) is 0 Å². The van der Waals surface area contributed by atoms with Crippen molar-refractivity contribution in [3.05, 3.63) is 24.0 Å². The van der Waals surface area contributed by atoms with Gasteiger partial charge >= 0.3 is 0 Å². The maximum atomic E-state index is 5.41. The second-order valence-electron chi connectivity index (χ2n) is 3.58. The fourth-order valence-corrected chi connectivity index (χ4v) is 1.45. The molecular weight excluding hydrogens is 174 g/mol. The number of hydrogen-bond donors (Lipinski definition) is 2. The van der Waals surface area contributed by atoms with E-state index in [1.807, 2.05) is 0 Å². The van der Waals surface area contributed by atoms with E-state index in [9.17, 15) is 0 Å². The number of rotatable bonds is 7. The minimum absolute atomic E-state index is 0.768. The number of nitrogens with one attached hydrogen (secondary N) is 1. The van der Waals surface area contributed by atoms with Crippen molar-refractivity contribution >= 4 is 0 Å². The Morgan fingerprint density at radius 3 is 3.07 bits per heavy atom. The summed E-state index contributed by atoms with van der Waals surface area (Å²) in [5.41, 5.74) is 6.76. The highest BCUT2D eigenvalue weighted by molar-refractivity contribution is 5.09. The van der Waals surface area contributed by atoms with E-state index in [2.05, 4.69) is 35.3 Å². The Morgan fingerprint density at radius 2 is 2.36 bits per heavy atom. The number of aromatic nitrogens is 1. The van der Waals surface area contributed by atoms with Crippen molar-refractivity contribution in [2.75, 3.05) is 13.1 Å². The number of aryl methyl sites for hydroxylation is 1. The molecule has 0 radical (unpaired) electrons. The Hall–Kier alpha value is -0.800. The molecule has 1 heterocycles. The van der Waals surface area contributed by atoms with Gasteiger partial charge in [-0.15, -0.1) is 0 Å². The maximum absolute atomic E-state index is 5.41. The minimum atomic E-state index is 0.768. The summed E-state index contributed by atoms with van der Waals surface area (Å²) in [6, 6.07) is 2.17. The highest BCUT2D eigenvalue weighted by atomic mass is 14.9. The third kappa shape index (κ3) is 3.94. The van der Waals surface area contributed by atoms with E-state index in [4.69, 9.17) is 5.73 Å². The van der Waals surface area contributed by atoms with Crippen LogP contribution in [0.5, 0.6) is 0 Å². The van der Waals surface area contributed by atoms with Gasteiger partial charge in [-0.25, -0.2) is 0 Å². The van der Waals surface area contributed by atoms with E-state index in [0.29, 0.717) is 0 Å². The Bertz CT molecular complexity index is 242. The van der Waals surface area contributed by atoms with Crippen LogP contribution in [0.1, 0.15) is 25.3 Å². The summed E-state index contributed by atoms with van der Waals surface area (Å²) in [6.07, 6.45) is 6.59. The lowest BCUT2D eigenvalue weighted by Crippen LogP contribution is -2.17. The van der Waals surface area contributed by atoms with E-state index >= 15 is 0 Å². The van der Waals surface area contributed by atoms with Crippen LogP contribution < -0.4 is 11.1 Å². The molecule has 3 nitrogen and oxygen atoms in total. The van der Waals surface area contributed by atoms with Crippen LogP contribution in [0.25, 0.3) is 0 Å². The number of nitrogens with two attached hydrogens (primary N) is 1. The third-order valence-electron chi connectivity index (χ3n) is 2.18. The largest absolute Gasteiger partial charge is 0.354 e. The predicted molar refractivity (Wildman–Crippen MR) is 60.1 cm³/mol. The zero-order valence-electron chi connectivity index (χ0n) is 9.00. The standard InChI is InChI=1S/C11H21N3/c1-2-7-14-8-4-11(10-14)9-13-6-3-5-12/h4,8,10,13H,2-3,5-7,9,12H2,1H3. The molecule has 0 aliphatic heterocycles. The summed E-state index contributed by atoms with van der Waals surface area (Å²) in [5.74, 6) is 0. The molecule has 1 aromatic rings. The van der Waals surface area contributed by atoms with Crippen LogP contribution in [-0.2, 0) is 13.1 Å². The molecule has 0 aliphatic rings. The van der Waals surface area contributed by atoms with E-state index in [0.717, 1.165) is 32.6 Å². The van der Waals surface area contributed by atoms with Crippen molar-refractivity contribution in [2.45, 2.75) is 32.9 Å². The van der Waals surface area contributed by atoms with Crippen molar-refractivity contribution in [1.82, 2.24) is 9.88 Å². The number of nitrogens with zero attached hydrogens (tertiary/aromatic N) is 1. The highest BCUT2D eigenvalue weighted by Gasteiger charge is 1.95. The molecular formula is C11H21N3. The molecule has 0 spiro atoms. The molecule has 0 bridgehead atoms. The molecule has 0 aromatic carbocycles. The molecule has 0 saturated carbocycles. The molecule has 3 heteroatoms. The Morgan fingerprint density at radius 1 is 1.50 bits per heavy atom. The summed E-state index contributed by atoms with van der Waals surface area (Å²) in [5, 5.41) is 3.36. The second-order valence-corrected chi connectivity index (χ2v) is 3.58. The Kier molecular flexibility index (Phi) is 5.33. The fourth-order valence-electron chi connectivity index (χ4n) is 1.45. The van der Waals surface area contributed by atoms with Crippen LogP contribution in [0.3, 0.4) is 0 Å². The van der Waals surface area contributed by atoms with E-state index in [1.165, 1.54) is 12.0 Å². The molecule has 1 rings (SSSR count). The topological polar surface area (TPSA) is 43.0 Å². The lowest BCUT2D eigenvalue weighted by molar-refractivity contribution is 0.648. The molecule has 0 aliphatic carbocycles. The SMILES string of the molecule is CCCn1ccc(CNCCCN)c1. The Labute approximate surface area is 86.3 Å². The van der Waals surface area contributed by atoms with Gasteiger partial charge in [-0.05, 0) is 37.6 Å². The first-order valence-corrected chi connectivity index (χ1v) is 5.42. The van der Waals surface area contributed by atoms with Crippen LogP contribution in [-0.4, -0.2) is 17.7 Å². The second kappa shape index (κ2) is 6.62. The average molecular weight is 195 g/mol. The quantitative estimate of drug-likeness (QED) is 0.645. The van der Waals surface area contributed by atoms with E-state index < -0.39 is 0 Å². The van der Waals surface area contributed by atoms with Crippen molar-refractivity contribution in [2.24, 2.45) is 5.73 Å². The summed E-state index contributed by atoms with van der Waals surface area (Å²) in [4.78, 5) is 0. The molecule has 0 atom stereocenters. The van der Waals surface area contributed by atoms with Gasteiger partial charge in [-0.1, -0.05) is 6.92 Å². The fraction of sp³-hybridized carbons (Fsp3) is 0.636. The lowest BCUT2D eigenvalue weighted by atomic mass is 10.3. The first kappa shape index (κ1) is 11.3. The van der Waals surface area contributed by atoms with Crippen molar-refractivity contribution in [3.63, 3.8) is 0 Å². The van der Waals surface area contributed by atoms with E-state index in [-0.39, 0.29) is 0 Å². The molecule has 0 fully saturated rings. The smallest absolute Gasteiger partial charge is 0.0220 e. The first-order valence-electron chi connectivity index (χ1n) is 5.42. The molecule has 1 aromatic heterocycles. The summed E-state index contributed by atoms with van der Waals surface area (Å²) in [7, 11) is 0. The normalized spacial score (nSPS) is 10.7. The first-order chi connectivity index (χ1) is 6.86. The number of hydrogen-bond acceptors (Lipinski definition) is 2. The van der Waals surface area contributed by atoms with Crippen LogP contribution >= 0.6 is 0 Å². The predicted octanol–water partition coefficient (Wildman–Crippen LogP) is 1.34. The Balaban J connectivity index is 2.22. The van der Waals surface area contributed by atoms with Crippen molar-refractivity contribution in [1.29, 1.82) is 0 Å². The van der Waals surface area contributed by atoms with Gasteiger partial charge in [0.2, 0.25) is 0 Å². The van der Waals surface area contributed by atoms with Gasteiger partial charge in [0.05, 0.1) is 0 Å². The molecule has 0 amide bonds. The van der Waals surface area contributed by atoms with Gasteiger partial charge < -0.3 is 15.6 Å². The highest BCUT2D eigenvalue weighted by Crippen LogP contribution is 2.01. The van der Waals surface area contributed by atoms with Crippen LogP contribution in [0.4, 0.5) is 0 Å². The molecule has 14 heavy (non-hydrogen) atoms. The van der Waals surface area contributed by atoms with Gasteiger partial charge in [0, 0.05) is 25.5 Å². The van der Waals surface area contributed by atoms with Crippen molar-refractivity contribution in [3.8, 4) is 0 Å². The van der Waals surface area contributed by atoms with E-state index in [1.54, 1.807) is 0 Å². The van der Waals surface area contributed by atoms with Crippen LogP contribution in [0.2, 0.25) is 0 Å².